The number of fused-ring (bicyclic) bond motifs is 1. The van der Waals surface area contributed by atoms with Crippen LogP contribution in [-0.4, -0.2) is 38.8 Å². The lowest BCUT2D eigenvalue weighted by Crippen LogP contribution is -2.37. The third-order valence-electron chi connectivity index (χ3n) is 3.03. The van der Waals surface area contributed by atoms with Crippen LogP contribution in [0.15, 0.2) is 17.1 Å². The number of ether oxygens (including phenoxy) is 2. The minimum atomic E-state index is 0.446. The summed E-state index contributed by atoms with van der Waals surface area (Å²) in [5, 5.41) is 6.76. The summed E-state index contributed by atoms with van der Waals surface area (Å²) in [6.45, 7) is 4.94. The van der Waals surface area contributed by atoms with E-state index in [9.17, 15) is 0 Å². The third kappa shape index (κ3) is 4.47. The van der Waals surface area contributed by atoms with Crippen LogP contribution in [-0.2, 0) is 6.42 Å². The monoisotopic (exact) mass is 321 g/mol. The number of aliphatic imine (C=N–C) groups is 1. The Hall–Kier alpha value is -2.06. The molecule has 0 bridgehead atoms. The Morgan fingerprint density at radius 2 is 2.18 bits per heavy atom. The van der Waals surface area contributed by atoms with Crippen molar-refractivity contribution in [2.24, 2.45) is 4.99 Å². The standard InChI is InChI=1S/C16H20ClN3O2/c1-3-6-19-16(18-4-2)20-7-5-12-10-13(17)15-14(11-12)21-8-9-22-15/h1,10-11H,4-9H2,2H3,(H2,18,19,20). The minimum Gasteiger partial charge on any atom is -0.486 e. The van der Waals surface area contributed by atoms with E-state index in [0.29, 0.717) is 48.8 Å². The number of hydrogen-bond acceptors (Lipinski definition) is 3. The number of halogens is 1. The predicted octanol–water partition coefficient (Wildman–Crippen LogP) is 1.84. The van der Waals surface area contributed by atoms with Gasteiger partial charge >= 0.3 is 0 Å². The Balaban J connectivity index is 1.98. The fourth-order valence-electron chi connectivity index (χ4n) is 2.08. The molecular weight excluding hydrogens is 302 g/mol. The molecule has 2 rings (SSSR count). The van der Waals surface area contributed by atoms with Crippen molar-refractivity contribution >= 4 is 17.6 Å². The van der Waals surface area contributed by atoms with Crippen molar-refractivity contribution in [2.75, 3.05) is 32.8 Å². The molecule has 2 N–H and O–H groups in total. The first-order chi connectivity index (χ1) is 10.7. The first-order valence-electron chi connectivity index (χ1n) is 7.28. The Morgan fingerprint density at radius 3 is 2.95 bits per heavy atom. The lowest BCUT2D eigenvalue weighted by atomic mass is 10.1. The lowest BCUT2D eigenvalue weighted by Gasteiger charge is -2.20. The number of guanidine groups is 1. The molecule has 0 unspecified atom stereocenters. The van der Waals surface area contributed by atoms with Gasteiger partial charge < -0.3 is 20.1 Å². The summed E-state index contributed by atoms with van der Waals surface area (Å²) in [7, 11) is 0. The summed E-state index contributed by atoms with van der Waals surface area (Å²) in [6, 6.07) is 3.85. The molecule has 1 aliphatic heterocycles. The predicted molar refractivity (Wildman–Crippen MR) is 89.0 cm³/mol. The van der Waals surface area contributed by atoms with Gasteiger partial charge in [0, 0.05) is 13.1 Å². The van der Waals surface area contributed by atoms with Crippen LogP contribution in [0.5, 0.6) is 11.5 Å². The summed E-state index contributed by atoms with van der Waals surface area (Å²) in [5.74, 6) is 4.57. The van der Waals surface area contributed by atoms with Crippen molar-refractivity contribution in [3.05, 3.63) is 22.7 Å². The summed E-state index contributed by atoms with van der Waals surface area (Å²) in [6.07, 6.45) is 5.99. The smallest absolute Gasteiger partial charge is 0.192 e. The molecule has 0 radical (unpaired) electrons. The Morgan fingerprint density at radius 1 is 1.36 bits per heavy atom. The number of nitrogens with one attached hydrogen (secondary N) is 2. The molecule has 0 amide bonds. The van der Waals surface area contributed by atoms with E-state index in [1.54, 1.807) is 0 Å². The molecule has 0 spiro atoms. The molecule has 0 aromatic heterocycles. The molecule has 22 heavy (non-hydrogen) atoms. The van der Waals surface area contributed by atoms with Crippen LogP contribution < -0.4 is 20.1 Å². The Kier molecular flexibility index (Phi) is 6.23. The van der Waals surface area contributed by atoms with E-state index in [4.69, 9.17) is 27.5 Å². The molecule has 6 heteroatoms. The van der Waals surface area contributed by atoms with Gasteiger partial charge in [-0.05, 0) is 31.0 Å². The zero-order chi connectivity index (χ0) is 15.8. The quantitative estimate of drug-likeness (QED) is 0.494. The molecule has 0 atom stereocenters. The third-order valence-corrected chi connectivity index (χ3v) is 3.31. The van der Waals surface area contributed by atoms with Gasteiger partial charge in [-0.2, -0.15) is 0 Å². The van der Waals surface area contributed by atoms with Gasteiger partial charge in [0.05, 0.1) is 11.6 Å². The highest BCUT2D eigenvalue weighted by molar-refractivity contribution is 6.32. The van der Waals surface area contributed by atoms with E-state index in [2.05, 4.69) is 21.5 Å². The topological polar surface area (TPSA) is 54.9 Å². The van der Waals surface area contributed by atoms with Crippen molar-refractivity contribution in [3.63, 3.8) is 0 Å². The molecule has 0 saturated carbocycles. The summed E-state index contributed by atoms with van der Waals surface area (Å²) >= 11 is 6.22. The van der Waals surface area contributed by atoms with E-state index >= 15 is 0 Å². The molecule has 5 nitrogen and oxygen atoms in total. The van der Waals surface area contributed by atoms with Gasteiger partial charge in [0.15, 0.2) is 17.5 Å². The second kappa shape index (κ2) is 8.40. The second-order valence-corrected chi connectivity index (χ2v) is 5.08. The number of rotatable bonds is 5. The normalized spacial score (nSPS) is 13.4. The fourth-order valence-corrected chi connectivity index (χ4v) is 2.37. The van der Waals surface area contributed by atoms with E-state index < -0.39 is 0 Å². The summed E-state index contributed by atoms with van der Waals surface area (Å²) in [5.41, 5.74) is 1.06. The first-order valence-corrected chi connectivity index (χ1v) is 7.66. The van der Waals surface area contributed by atoms with Crippen LogP contribution in [0.25, 0.3) is 0 Å². The van der Waals surface area contributed by atoms with Crippen molar-refractivity contribution in [3.8, 4) is 23.8 Å². The second-order valence-electron chi connectivity index (χ2n) is 4.67. The van der Waals surface area contributed by atoms with Gasteiger partial charge in [-0.25, -0.2) is 0 Å². The molecule has 1 heterocycles. The number of hydrogen-bond donors (Lipinski definition) is 2. The maximum atomic E-state index is 6.22. The largest absolute Gasteiger partial charge is 0.486 e. The minimum absolute atomic E-state index is 0.446. The molecule has 1 aromatic rings. The van der Waals surface area contributed by atoms with E-state index in [0.717, 1.165) is 18.5 Å². The van der Waals surface area contributed by atoms with Crippen molar-refractivity contribution in [1.29, 1.82) is 0 Å². The highest BCUT2D eigenvalue weighted by Crippen LogP contribution is 2.38. The van der Waals surface area contributed by atoms with Crippen molar-refractivity contribution in [2.45, 2.75) is 13.3 Å². The molecule has 0 fully saturated rings. The van der Waals surface area contributed by atoms with E-state index in [1.807, 2.05) is 19.1 Å². The molecule has 1 aromatic carbocycles. The molecule has 0 saturated heterocycles. The molecule has 1 aliphatic rings. The zero-order valence-corrected chi connectivity index (χ0v) is 13.4. The van der Waals surface area contributed by atoms with Gasteiger partial charge in [0.1, 0.15) is 13.2 Å². The van der Waals surface area contributed by atoms with Crippen LogP contribution in [0.2, 0.25) is 5.02 Å². The van der Waals surface area contributed by atoms with Gasteiger partial charge in [-0.1, -0.05) is 17.5 Å². The van der Waals surface area contributed by atoms with Crippen LogP contribution in [0.4, 0.5) is 0 Å². The van der Waals surface area contributed by atoms with E-state index in [1.165, 1.54) is 0 Å². The maximum absolute atomic E-state index is 6.22. The van der Waals surface area contributed by atoms with Crippen LogP contribution >= 0.6 is 11.6 Å². The SMILES string of the molecule is C#CCNC(=NCCc1cc(Cl)c2c(c1)OCCO2)NCC. The number of nitrogens with zero attached hydrogens (tertiary/aromatic N) is 1. The average Bonchev–Trinajstić information content (AvgIpc) is 2.52. The number of terminal acetylenes is 1. The Labute approximate surface area is 136 Å². The Bertz CT molecular complexity index is 581. The average molecular weight is 322 g/mol. The fraction of sp³-hybridized carbons (Fsp3) is 0.438. The highest BCUT2D eigenvalue weighted by Gasteiger charge is 2.16. The van der Waals surface area contributed by atoms with Gasteiger partial charge in [-0.3, -0.25) is 4.99 Å². The van der Waals surface area contributed by atoms with E-state index in [-0.39, 0.29) is 0 Å². The molecular formula is C16H20ClN3O2. The number of benzene rings is 1. The first kappa shape index (κ1) is 16.3. The van der Waals surface area contributed by atoms with Gasteiger partial charge in [-0.15, -0.1) is 6.42 Å². The summed E-state index contributed by atoms with van der Waals surface area (Å²) in [4.78, 5) is 4.47. The lowest BCUT2D eigenvalue weighted by molar-refractivity contribution is 0.171. The molecule has 118 valence electrons. The van der Waals surface area contributed by atoms with Gasteiger partial charge in [0.25, 0.3) is 0 Å². The van der Waals surface area contributed by atoms with Crippen LogP contribution in [0.3, 0.4) is 0 Å². The van der Waals surface area contributed by atoms with Crippen LogP contribution in [0.1, 0.15) is 12.5 Å². The highest BCUT2D eigenvalue weighted by atomic mass is 35.5. The molecule has 0 aliphatic carbocycles. The summed E-state index contributed by atoms with van der Waals surface area (Å²) < 4.78 is 11.1. The van der Waals surface area contributed by atoms with Crippen molar-refractivity contribution < 1.29 is 9.47 Å². The maximum Gasteiger partial charge on any atom is 0.192 e. The van der Waals surface area contributed by atoms with Gasteiger partial charge in [0.2, 0.25) is 0 Å². The zero-order valence-electron chi connectivity index (χ0n) is 12.6. The van der Waals surface area contributed by atoms with Crippen molar-refractivity contribution in [1.82, 2.24) is 10.6 Å². The van der Waals surface area contributed by atoms with Crippen LogP contribution in [0, 0.1) is 12.3 Å².